The molecule has 8 nitrogen and oxygen atoms in total. The van der Waals surface area contributed by atoms with Gasteiger partial charge in [-0.05, 0) is 57.7 Å². The molecule has 1 atom stereocenters. The van der Waals surface area contributed by atoms with Gasteiger partial charge in [-0.15, -0.1) is 0 Å². The van der Waals surface area contributed by atoms with E-state index in [-0.39, 0.29) is 30.2 Å². The summed E-state index contributed by atoms with van der Waals surface area (Å²) in [4.78, 5) is 39.7. The van der Waals surface area contributed by atoms with Crippen LogP contribution in [0.2, 0.25) is 0 Å². The number of hydrogen-bond acceptors (Lipinski definition) is 5. The molecule has 0 aliphatic heterocycles. The van der Waals surface area contributed by atoms with Crippen LogP contribution in [0.15, 0.2) is 24.3 Å². The van der Waals surface area contributed by atoms with Crippen LogP contribution in [0.5, 0.6) is 5.75 Å². The summed E-state index contributed by atoms with van der Waals surface area (Å²) in [5, 5.41) is 15.1. The molecule has 0 heterocycles. The van der Waals surface area contributed by atoms with Crippen molar-refractivity contribution in [1.29, 1.82) is 0 Å². The molecule has 1 aliphatic carbocycles. The zero-order valence-corrected chi connectivity index (χ0v) is 18.9. The highest BCUT2D eigenvalue weighted by molar-refractivity contribution is 5.90. The van der Waals surface area contributed by atoms with Crippen LogP contribution in [0.25, 0.3) is 0 Å². The highest BCUT2D eigenvalue weighted by Crippen LogP contribution is 2.35. The first-order valence-electron chi connectivity index (χ1n) is 11.0. The van der Waals surface area contributed by atoms with Gasteiger partial charge in [-0.1, -0.05) is 31.9 Å². The van der Waals surface area contributed by atoms with Crippen LogP contribution >= 0.6 is 0 Å². The zero-order chi connectivity index (χ0) is 23.0. The smallest absolute Gasteiger partial charge is 0.408 e. The van der Waals surface area contributed by atoms with Gasteiger partial charge >= 0.3 is 6.09 Å². The summed E-state index contributed by atoms with van der Waals surface area (Å²) in [6.45, 7) is 7.59. The third-order valence-electron chi connectivity index (χ3n) is 4.83. The Kier molecular flexibility index (Phi) is 8.71. The zero-order valence-electron chi connectivity index (χ0n) is 18.9. The van der Waals surface area contributed by atoms with Crippen LogP contribution in [0.4, 0.5) is 4.79 Å². The Morgan fingerprint density at radius 1 is 1.13 bits per heavy atom. The van der Waals surface area contributed by atoms with Crippen molar-refractivity contribution in [2.45, 2.75) is 77.5 Å². The second kappa shape index (κ2) is 11.0. The lowest BCUT2D eigenvalue weighted by atomic mass is 10.0. The van der Waals surface area contributed by atoms with E-state index in [1.807, 2.05) is 0 Å². The van der Waals surface area contributed by atoms with Gasteiger partial charge in [0.05, 0.1) is 0 Å². The highest BCUT2D eigenvalue weighted by atomic mass is 16.6. The third-order valence-corrected chi connectivity index (χ3v) is 4.83. The van der Waals surface area contributed by atoms with Gasteiger partial charge in [0.15, 0.2) is 0 Å². The number of amides is 3. The number of nitrogens with zero attached hydrogens (tertiary/aromatic N) is 1. The number of aromatic hydroxyl groups is 1. The first-order chi connectivity index (χ1) is 14.6. The molecule has 1 fully saturated rings. The largest absolute Gasteiger partial charge is 0.508 e. The Labute approximate surface area is 184 Å². The summed E-state index contributed by atoms with van der Waals surface area (Å²) < 4.78 is 5.20. The van der Waals surface area contributed by atoms with E-state index in [4.69, 9.17) is 4.74 Å². The highest BCUT2D eigenvalue weighted by Gasteiger charge is 2.41. The molecule has 1 unspecified atom stereocenters. The Morgan fingerprint density at radius 3 is 2.32 bits per heavy atom. The number of carbonyl (C=O) groups excluding carboxylic acids is 3. The lowest BCUT2D eigenvalue weighted by Gasteiger charge is -2.32. The Morgan fingerprint density at radius 2 is 1.77 bits per heavy atom. The molecule has 0 radical (unpaired) electrons. The van der Waals surface area contributed by atoms with Crippen molar-refractivity contribution >= 4 is 17.9 Å². The fourth-order valence-electron chi connectivity index (χ4n) is 3.24. The Hall–Kier alpha value is -2.77. The minimum absolute atomic E-state index is 0.0619. The number of ether oxygens (including phenoxy) is 1. The van der Waals surface area contributed by atoms with Crippen molar-refractivity contribution in [3.63, 3.8) is 0 Å². The molecule has 0 spiro atoms. The quantitative estimate of drug-likeness (QED) is 0.491. The van der Waals surface area contributed by atoms with E-state index in [1.165, 1.54) is 12.1 Å². The molecule has 172 valence electrons. The number of alkyl carbamates (subject to hydrolysis) is 1. The fourth-order valence-corrected chi connectivity index (χ4v) is 3.24. The van der Waals surface area contributed by atoms with Gasteiger partial charge in [0.2, 0.25) is 11.8 Å². The van der Waals surface area contributed by atoms with E-state index in [1.54, 1.807) is 37.8 Å². The first kappa shape index (κ1) is 24.5. The number of unbranched alkanes of at least 4 members (excludes halogenated alkanes) is 2. The van der Waals surface area contributed by atoms with Gasteiger partial charge in [0.1, 0.15) is 23.9 Å². The minimum atomic E-state index is -0.831. The predicted molar refractivity (Wildman–Crippen MR) is 117 cm³/mol. The maximum atomic E-state index is 13.1. The van der Waals surface area contributed by atoms with Gasteiger partial charge in [0, 0.05) is 12.6 Å². The molecule has 1 aromatic carbocycles. The van der Waals surface area contributed by atoms with Gasteiger partial charge < -0.3 is 25.4 Å². The first-order valence-corrected chi connectivity index (χ1v) is 11.0. The Balaban J connectivity index is 2.17. The summed E-state index contributed by atoms with van der Waals surface area (Å²) in [6, 6.07) is 5.41. The lowest BCUT2D eigenvalue weighted by molar-refractivity contribution is -0.140. The van der Waals surface area contributed by atoms with Crippen molar-refractivity contribution in [3.8, 4) is 5.75 Å². The number of nitrogens with one attached hydrogen (secondary N) is 2. The molecule has 1 saturated carbocycles. The molecular weight excluding hydrogens is 398 g/mol. The third kappa shape index (κ3) is 8.11. The summed E-state index contributed by atoms with van der Waals surface area (Å²) in [5.41, 5.74) is -0.0562. The van der Waals surface area contributed by atoms with Gasteiger partial charge in [-0.25, -0.2) is 4.79 Å². The van der Waals surface area contributed by atoms with Crippen molar-refractivity contribution in [3.05, 3.63) is 29.8 Å². The molecule has 8 heteroatoms. The van der Waals surface area contributed by atoms with Crippen LogP contribution in [-0.2, 0) is 14.3 Å². The van der Waals surface area contributed by atoms with Crippen molar-refractivity contribution < 1.29 is 24.2 Å². The normalized spacial score (nSPS) is 14.5. The van der Waals surface area contributed by atoms with Crippen LogP contribution in [0, 0.1) is 0 Å². The van der Waals surface area contributed by atoms with Crippen LogP contribution in [-0.4, -0.2) is 52.6 Å². The van der Waals surface area contributed by atoms with Gasteiger partial charge in [-0.3, -0.25) is 9.59 Å². The molecule has 0 aromatic heterocycles. The SMILES string of the molecule is CCCCCNC(=O)C(c1ccc(O)cc1)N(C(=O)CNC(=O)OC(C)(C)C)C1CC1. The monoisotopic (exact) mass is 433 g/mol. The van der Waals surface area contributed by atoms with Gasteiger partial charge in [0.25, 0.3) is 0 Å². The van der Waals surface area contributed by atoms with E-state index in [9.17, 15) is 19.5 Å². The molecule has 0 saturated heterocycles. The number of rotatable bonds is 10. The fraction of sp³-hybridized carbons (Fsp3) is 0.609. The summed E-state index contributed by atoms with van der Waals surface area (Å²) >= 11 is 0. The molecule has 31 heavy (non-hydrogen) atoms. The summed E-state index contributed by atoms with van der Waals surface area (Å²) in [7, 11) is 0. The maximum Gasteiger partial charge on any atom is 0.408 e. The minimum Gasteiger partial charge on any atom is -0.508 e. The summed E-state index contributed by atoms with van der Waals surface area (Å²) in [6.07, 6.45) is 3.84. The van der Waals surface area contributed by atoms with E-state index in [0.29, 0.717) is 12.1 Å². The van der Waals surface area contributed by atoms with Crippen molar-refractivity contribution in [2.75, 3.05) is 13.1 Å². The molecule has 3 N–H and O–H groups in total. The van der Waals surface area contributed by atoms with E-state index < -0.39 is 17.7 Å². The number of benzene rings is 1. The number of hydrogen-bond donors (Lipinski definition) is 3. The van der Waals surface area contributed by atoms with Crippen molar-refractivity contribution in [2.24, 2.45) is 0 Å². The molecular formula is C23H35N3O5. The number of phenolic OH excluding ortho intramolecular Hbond substituents is 1. The molecule has 1 aliphatic rings. The average Bonchev–Trinajstić information content (AvgIpc) is 3.52. The standard InChI is InChI=1S/C23H35N3O5/c1-5-6-7-14-24-21(29)20(16-8-12-18(27)13-9-16)26(17-10-11-17)19(28)15-25-22(30)31-23(2,3)4/h8-9,12-13,17,20,27H,5-7,10-11,14-15H2,1-4H3,(H,24,29)(H,25,30). The van der Waals surface area contributed by atoms with Crippen molar-refractivity contribution in [1.82, 2.24) is 15.5 Å². The number of phenols is 1. The Bertz CT molecular complexity index is 753. The molecule has 2 rings (SSSR count). The topological polar surface area (TPSA) is 108 Å². The van der Waals surface area contributed by atoms with E-state index in [0.717, 1.165) is 32.1 Å². The molecule has 3 amide bonds. The van der Waals surface area contributed by atoms with E-state index in [2.05, 4.69) is 17.6 Å². The number of carbonyl (C=O) groups is 3. The summed E-state index contributed by atoms with van der Waals surface area (Å²) in [5.74, 6) is -0.531. The lowest BCUT2D eigenvalue weighted by Crippen LogP contribution is -2.49. The maximum absolute atomic E-state index is 13.1. The molecule has 0 bridgehead atoms. The van der Waals surface area contributed by atoms with Crippen LogP contribution in [0.1, 0.15) is 71.4 Å². The van der Waals surface area contributed by atoms with Crippen LogP contribution < -0.4 is 10.6 Å². The molecule has 1 aromatic rings. The van der Waals surface area contributed by atoms with E-state index >= 15 is 0 Å². The average molecular weight is 434 g/mol. The van der Waals surface area contributed by atoms with Crippen LogP contribution in [0.3, 0.4) is 0 Å². The van der Waals surface area contributed by atoms with Gasteiger partial charge in [-0.2, -0.15) is 0 Å². The second-order valence-electron chi connectivity index (χ2n) is 8.88. The predicted octanol–water partition coefficient (Wildman–Crippen LogP) is 3.26. The second-order valence-corrected chi connectivity index (χ2v) is 8.88.